The minimum Gasteiger partial charge on any atom is -0.344 e. The molecule has 2 heterocycles. The van der Waals surface area contributed by atoms with Crippen LogP contribution in [0.3, 0.4) is 0 Å². The molecule has 2 aliphatic carbocycles. The van der Waals surface area contributed by atoms with Gasteiger partial charge in [-0.3, -0.25) is 19.2 Å². The third kappa shape index (κ3) is 8.31. The molecule has 4 N–H and O–H groups in total. The number of halogens is 1. The molecule has 5 amide bonds. The van der Waals surface area contributed by atoms with E-state index in [1.165, 1.54) is 4.90 Å². The summed E-state index contributed by atoms with van der Waals surface area (Å²) in [7, 11) is -3.37. The molecule has 2 saturated heterocycles. The van der Waals surface area contributed by atoms with Crippen molar-refractivity contribution in [3.63, 3.8) is 0 Å². The molecule has 0 unspecified atom stereocenters. The number of unbranched alkanes of at least 4 members (excludes halogenated alkanes) is 1. The van der Waals surface area contributed by atoms with Crippen molar-refractivity contribution in [3.8, 4) is 0 Å². The third-order valence-corrected chi connectivity index (χ3v) is 13.8. The Hall–Kier alpha value is -3.03. The van der Waals surface area contributed by atoms with Crippen molar-refractivity contribution in [3.05, 3.63) is 12.4 Å². The van der Waals surface area contributed by atoms with Crippen LogP contribution >= 0.6 is 0 Å². The van der Waals surface area contributed by atoms with Crippen LogP contribution in [0.5, 0.6) is 0 Å². The maximum Gasteiger partial charge on any atom is 0.315 e. The Balaban J connectivity index is 1.55. The first-order valence-electron chi connectivity index (χ1n) is 17.8. The van der Waals surface area contributed by atoms with E-state index < -0.39 is 86.1 Å². The summed E-state index contributed by atoms with van der Waals surface area (Å²) in [6, 6.07) is -3.78. The number of Topliss-reactive ketones (excluding diaryl/α,β-unsaturated/α-hetero) is 1. The Labute approximate surface area is 290 Å². The number of carbonyl (C=O) groups excluding carboxylic acids is 5. The van der Waals surface area contributed by atoms with Crippen LogP contribution in [0.15, 0.2) is 12.4 Å². The summed E-state index contributed by atoms with van der Waals surface area (Å²) >= 11 is 0. The first-order chi connectivity index (χ1) is 22.8. The summed E-state index contributed by atoms with van der Waals surface area (Å²) < 4.78 is 39.2. The fourth-order valence-corrected chi connectivity index (χ4v) is 10.9. The van der Waals surface area contributed by atoms with Crippen molar-refractivity contribution < 1.29 is 36.8 Å². The number of fused-ring (bicyclic) bond motifs is 1. The second-order valence-corrected chi connectivity index (χ2v) is 18.6. The molecular weight excluding hydrogens is 653 g/mol. The van der Waals surface area contributed by atoms with Gasteiger partial charge in [-0.05, 0) is 54.8 Å². The van der Waals surface area contributed by atoms with Crippen molar-refractivity contribution in [1.29, 1.82) is 0 Å². The lowest BCUT2D eigenvalue weighted by Gasteiger charge is -2.43. The van der Waals surface area contributed by atoms with Crippen molar-refractivity contribution in [2.75, 3.05) is 18.8 Å². The highest BCUT2D eigenvalue weighted by atomic mass is 32.2. The van der Waals surface area contributed by atoms with Gasteiger partial charge >= 0.3 is 6.03 Å². The monoisotopic (exact) mass is 709 g/mol. The fraction of sp³-hybridized carbons (Fsp3) is 0.800. The number of ketones is 1. The zero-order valence-corrected chi connectivity index (χ0v) is 30.8. The number of nitrogens with zero attached hydrogens (tertiary/aromatic N) is 1. The van der Waals surface area contributed by atoms with Crippen LogP contribution in [-0.4, -0.2) is 90.6 Å². The number of hydrogen-bond acceptors (Lipinski definition) is 7. The van der Waals surface area contributed by atoms with Gasteiger partial charge in [-0.15, -0.1) is 0 Å². The molecule has 276 valence electrons. The largest absolute Gasteiger partial charge is 0.344 e. The lowest BCUT2D eigenvalue weighted by molar-refractivity contribution is -0.145. The molecule has 0 aromatic rings. The zero-order valence-electron chi connectivity index (χ0n) is 30.0. The van der Waals surface area contributed by atoms with Gasteiger partial charge in [-0.25, -0.2) is 17.6 Å². The maximum absolute atomic E-state index is 14.4. The van der Waals surface area contributed by atoms with Gasteiger partial charge in [0, 0.05) is 6.54 Å². The highest BCUT2D eigenvalue weighted by molar-refractivity contribution is 7.92. The quantitative estimate of drug-likeness (QED) is 0.213. The number of piperidine rings is 1. The molecule has 0 radical (unpaired) electrons. The number of rotatable bonds is 13. The van der Waals surface area contributed by atoms with Gasteiger partial charge in [0.05, 0.1) is 29.1 Å². The Kier molecular flexibility index (Phi) is 11.6. The normalized spacial score (nSPS) is 27.6. The lowest BCUT2D eigenvalue weighted by Crippen LogP contribution is -2.65. The van der Waals surface area contributed by atoms with E-state index in [0.29, 0.717) is 38.5 Å². The van der Waals surface area contributed by atoms with E-state index in [-0.39, 0.29) is 36.0 Å². The van der Waals surface area contributed by atoms with E-state index in [9.17, 15) is 36.8 Å². The minimum absolute atomic E-state index is 0.0170. The molecular formula is C35H56FN5O7S. The maximum atomic E-state index is 14.4. The van der Waals surface area contributed by atoms with Gasteiger partial charge in [0.15, 0.2) is 9.84 Å². The standard InChI is InChI=1S/C35H56FN5O7S/c1-8-9-14-23(27(42)30(44)37-19-21(2)36)38-29(43)26-25-22(34(25,6)7)20-41(26)31(45)28(33(3,4)5)39-32(46)40-35(16-11-10-12-17-35)24-15-13-18-49(24,47)48/h22-26,28H,2,8-20H2,1,3-7H3,(H,37,44)(H,38,43)(H2,39,40,46)/t22-,23+,24+,25-,26-,28+/m0/s1. The zero-order chi connectivity index (χ0) is 36.5. The van der Waals surface area contributed by atoms with Gasteiger partial charge in [-0.1, -0.05) is 80.2 Å². The van der Waals surface area contributed by atoms with E-state index in [1.54, 1.807) is 0 Å². The van der Waals surface area contributed by atoms with Crippen molar-refractivity contribution in [1.82, 2.24) is 26.2 Å². The number of urea groups is 1. The molecule has 2 saturated carbocycles. The van der Waals surface area contributed by atoms with Crippen LogP contribution in [0.4, 0.5) is 9.18 Å². The molecule has 12 nitrogen and oxygen atoms in total. The number of carbonyl (C=O) groups is 5. The topological polar surface area (TPSA) is 171 Å². The number of amides is 5. The highest BCUT2D eigenvalue weighted by Gasteiger charge is 2.70. The number of likely N-dealkylation sites (tertiary alicyclic amines) is 1. The Morgan fingerprint density at radius 2 is 1.67 bits per heavy atom. The van der Waals surface area contributed by atoms with Crippen molar-refractivity contribution in [2.24, 2.45) is 22.7 Å². The van der Waals surface area contributed by atoms with Gasteiger partial charge < -0.3 is 26.2 Å². The van der Waals surface area contributed by atoms with Crippen LogP contribution < -0.4 is 21.3 Å². The minimum atomic E-state index is -3.37. The second kappa shape index (κ2) is 14.7. The summed E-state index contributed by atoms with van der Waals surface area (Å²) in [5, 5.41) is 10.2. The van der Waals surface area contributed by atoms with E-state index in [2.05, 4.69) is 27.8 Å². The molecule has 0 spiro atoms. The van der Waals surface area contributed by atoms with Gasteiger partial charge in [0.25, 0.3) is 5.91 Å². The van der Waals surface area contributed by atoms with Crippen LogP contribution in [0, 0.1) is 22.7 Å². The second-order valence-electron chi connectivity index (χ2n) is 16.3. The van der Waals surface area contributed by atoms with Gasteiger partial charge in [0.2, 0.25) is 17.6 Å². The van der Waals surface area contributed by atoms with Crippen molar-refractivity contribution in [2.45, 2.75) is 135 Å². The molecule has 0 aromatic heterocycles. The van der Waals surface area contributed by atoms with Crippen LogP contribution in [-0.2, 0) is 29.0 Å². The molecule has 4 fully saturated rings. The molecule has 6 atom stereocenters. The summed E-state index contributed by atoms with van der Waals surface area (Å²) in [6.07, 6.45) is 6.12. The van der Waals surface area contributed by atoms with Gasteiger partial charge in [0.1, 0.15) is 17.9 Å². The first-order valence-corrected chi connectivity index (χ1v) is 19.5. The smallest absolute Gasteiger partial charge is 0.315 e. The fourth-order valence-electron chi connectivity index (χ4n) is 8.50. The summed E-state index contributed by atoms with van der Waals surface area (Å²) in [4.78, 5) is 69.3. The van der Waals surface area contributed by atoms with E-state index in [4.69, 9.17) is 0 Å². The molecule has 0 aromatic carbocycles. The number of nitrogens with one attached hydrogen (secondary N) is 4. The molecule has 49 heavy (non-hydrogen) atoms. The summed E-state index contributed by atoms with van der Waals surface area (Å²) in [5.41, 5.74) is -1.94. The average Bonchev–Trinajstić information content (AvgIpc) is 3.33. The summed E-state index contributed by atoms with van der Waals surface area (Å²) in [6.45, 7) is 14.2. The Bertz CT molecular complexity index is 1440. The number of hydrogen-bond donors (Lipinski definition) is 4. The Morgan fingerprint density at radius 3 is 2.22 bits per heavy atom. The predicted octanol–water partition coefficient (Wildman–Crippen LogP) is 3.31. The predicted molar refractivity (Wildman–Crippen MR) is 184 cm³/mol. The average molecular weight is 710 g/mol. The van der Waals surface area contributed by atoms with E-state index >= 15 is 0 Å². The van der Waals surface area contributed by atoms with E-state index in [1.807, 2.05) is 41.5 Å². The molecule has 4 aliphatic rings. The number of sulfone groups is 1. The first kappa shape index (κ1) is 38.8. The lowest BCUT2D eigenvalue weighted by atomic mass is 9.78. The summed E-state index contributed by atoms with van der Waals surface area (Å²) in [5.74, 6) is -3.85. The highest BCUT2D eigenvalue weighted by Crippen LogP contribution is 2.65. The van der Waals surface area contributed by atoms with Crippen LogP contribution in [0.2, 0.25) is 0 Å². The van der Waals surface area contributed by atoms with Gasteiger partial charge in [-0.2, -0.15) is 0 Å². The Morgan fingerprint density at radius 1 is 1.02 bits per heavy atom. The van der Waals surface area contributed by atoms with Crippen LogP contribution in [0.25, 0.3) is 0 Å². The molecule has 14 heteroatoms. The van der Waals surface area contributed by atoms with Crippen molar-refractivity contribution >= 4 is 39.4 Å². The molecule has 2 aliphatic heterocycles. The van der Waals surface area contributed by atoms with E-state index in [0.717, 1.165) is 19.3 Å². The third-order valence-electron chi connectivity index (χ3n) is 11.3. The SMILES string of the molecule is C=C(F)CNC(=O)C(=O)[C@@H](CCCC)NC(=O)[C@@H]1[C@@H]2[C@H](CN1C(=O)[C@@H](NC(=O)NC1([C@H]3CCCS3(=O)=O)CCCCC1)C(C)(C)C)C2(C)C. The van der Waals surface area contributed by atoms with Crippen LogP contribution in [0.1, 0.15) is 106 Å². The molecule has 0 bridgehead atoms. The molecule has 4 rings (SSSR count).